The average Bonchev–Trinajstić information content (AvgIpc) is 2.83. The van der Waals surface area contributed by atoms with Gasteiger partial charge in [-0.15, -0.1) is 0 Å². The summed E-state index contributed by atoms with van der Waals surface area (Å²) in [5, 5.41) is 109. The summed E-state index contributed by atoms with van der Waals surface area (Å²) in [5.41, 5.74) is 0. The lowest BCUT2D eigenvalue weighted by atomic mass is 9.96. The molecule has 11 N–H and O–H groups in total. The second-order valence-electron chi connectivity index (χ2n) is 8.33. The number of rotatable bonds is 7. The Labute approximate surface area is 192 Å². The molecule has 15 atom stereocenters. The van der Waals surface area contributed by atoms with Crippen LogP contribution < -0.4 is 0 Å². The zero-order valence-electron chi connectivity index (χ0n) is 17.7. The second kappa shape index (κ2) is 11.6. The molecule has 0 spiro atoms. The van der Waals surface area contributed by atoms with Crippen molar-refractivity contribution in [2.75, 3.05) is 19.8 Å². The molecular weight excluding hydrogens is 472 g/mol. The minimum atomic E-state index is -1.90. The SMILES string of the molecule is OC[C@H]1O[C@H](O[C@H]2[C@@H](O[C@H]3C(O)O[C@H](CO)[C@@H](O)[C@@H]3O)O[C@H](CO)[C@H](O)[C@@H]2O)[C@H](O)[C@@H](O)[C@H]1O. The van der Waals surface area contributed by atoms with Gasteiger partial charge in [-0.25, -0.2) is 0 Å². The fourth-order valence-electron chi connectivity index (χ4n) is 4.02. The van der Waals surface area contributed by atoms with Gasteiger partial charge in [-0.2, -0.15) is 0 Å². The van der Waals surface area contributed by atoms with Crippen molar-refractivity contribution in [3.05, 3.63) is 0 Å². The van der Waals surface area contributed by atoms with E-state index in [1.165, 1.54) is 0 Å². The molecule has 16 heteroatoms. The van der Waals surface area contributed by atoms with Crippen LogP contribution in [-0.2, 0) is 23.7 Å². The van der Waals surface area contributed by atoms with Crippen molar-refractivity contribution in [1.29, 1.82) is 0 Å². The Balaban J connectivity index is 1.82. The van der Waals surface area contributed by atoms with Crippen LogP contribution >= 0.6 is 0 Å². The average molecular weight is 504 g/mol. The van der Waals surface area contributed by atoms with E-state index < -0.39 is 112 Å². The first-order valence-electron chi connectivity index (χ1n) is 10.6. The molecule has 34 heavy (non-hydrogen) atoms. The molecule has 0 aromatic rings. The smallest absolute Gasteiger partial charge is 0.187 e. The number of hydrogen-bond acceptors (Lipinski definition) is 16. The first-order valence-corrected chi connectivity index (χ1v) is 10.6. The van der Waals surface area contributed by atoms with Gasteiger partial charge in [-0.05, 0) is 0 Å². The summed E-state index contributed by atoms with van der Waals surface area (Å²) in [6.07, 6.45) is -25.7. The maximum atomic E-state index is 10.6. The van der Waals surface area contributed by atoms with Gasteiger partial charge >= 0.3 is 0 Å². The Morgan fingerprint density at radius 2 is 0.853 bits per heavy atom. The Kier molecular flexibility index (Phi) is 9.54. The summed E-state index contributed by atoms with van der Waals surface area (Å²) in [6.45, 7) is -2.31. The van der Waals surface area contributed by atoms with Crippen molar-refractivity contribution in [3.8, 4) is 0 Å². The van der Waals surface area contributed by atoms with Gasteiger partial charge in [0.05, 0.1) is 19.8 Å². The molecule has 3 heterocycles. The summed E-state index contributed by atoms with van der Waals surface area (Å²) in [5.74, 6) is 0. The summed E-state index contributed by atoms with van der Waals surface area (Å²) in [6, 6.07) is 0. The second-order valence-corrected chi connectivity index (χ2v) is 8.33. The highest BCUT2D eigenvalue weighted by atomic mass is 16.8. The Morgan fingerprint density at radius 3 is 1.38 bits per heavy atom. The zero-order valence-corrected chi connectivity index (χ0v) is 17.7. The molecule has 0 bridgehead atoms. The normalized spacial score (nSPS) is 52.5. The summed E-state index contributed by atoms with van der Waals surface area (Å²) in [7, 11) is 0. The van der Waals surface area contributed by atoms with E-state index in [1.807, 2.05) is 0 Å². The van der Waals surface area contributed by atoms with Crippen LogP contribution in [0, 0.1) is 0 Å². The number of aliphatic hydroxyl groups is 11. The third kappa shape index (κ3) is 5.37. The van der Waals surface area contributed by atoms with Crippen LogP contribution in [0.2, 0.25) is 0 Å². The van der Waals surface area contributed by atoms with Gasteiger partial charge in [0, 0.05) is 0 Å². The van der Waals surface area contributed by atoms with Crippen LogP contribution in [0.4, 0.5) is 0 Å². The van der Waals surface area contributed by atoms with Crippen LogP contribution in [0.1, 0.15) is 0 Å². The molecule has 16 nitrogen and oxygen atoms in total. The third-order valence-corrected chi connectivity index (χ3v) is 6.10. The molecule has 0 aromatic carbocycles. The molecule has 0 amide bonds. The highest BCUT2D eigenvalue weighted by Crippen LogP contribution is 2.32. The number of ether oxygens (including phenoxy) is 5. The molecule has 0 radical (unpaired) electrons. The van der Waals surface area contributed by atoms with Crippen molar-refractivity contribution in [3.63, 3.8) is 0 Å². The van der Waals surface area contributed by atoms with Crippen molar-refractivity contribution in [1.82, 2.24) is 0 Å². The van der Waals surface area contributed by atoms with E-state index in [0.29, 0.717) is 0 Å². The predicted molar refractivity (Wildman–Crippen MR) is 101 cm³/mol. The van der Waals surface area contributed by atoms with E-state index in [2.05, 4.69) is 0 Å². The fraction of sp³-hybridized carbons (Fsp3) is 1.00. The summed E-state index contributed by atoms with van der Waals surface area (Å²) in [4.78, 5) is 0. The first-order chi connectivity index (χ1) is 16.0. The van der Waals surface area contributed by atoms with E-state index in [4.69, 9.17) is 23.7 Å². The van der Waals surface area contributed by atoms with Gasteiger partial charge in [0.25, 0.3) is 0 Å². The molecule has 3 fully saturated rings. The van der Waals surface area contributed by atoms with Crippen LogP contribution in [0.15, 0.2) is 0 Å². The molecule has 3 saturated heterocycles. The minimum Gasteiger partial charge on any atom is -0.394 e. The molecular formula is C18H32O16. The Morgan fingerprint density at radius 1 is 0.441 bits per heavy atom. The lowest BCUT2D eigenvalue weighted by Crippen LogP contribution is -2.66. The Bertz CT molecular complexity index is 639. The maximum absolute atomic E-state index is 10.6. The molecule has 3 aliphatic rings. The zero-order chi connectivity index (χ0) is 25.3. The quantitative estimate of drug-likeness (QED) is 0.154. The van der Waals surface area contributed by atoms with Gasteiger partial charge in [0.2, 0.25) is 0 Å². The number of hydrogen-bond donors (Lipinski definition) is 11. The molecule has 0 aliphatic carbocycles. The van der Waals surface area contributed by atoms with Crippen molar-refractivity contribution < 1.29 is 79.9 Å². The monoisotopic (exact) mass is 504 g/mol. The summed E-state index contributed by atoms with van der Waals surface area (Å²) < 4.78 is 26.5. The van der Waals surface area contributed by atoms with Gasteiger partial charge in [-0.1, -0.05) is 0 Å². The van der Waals surface area contributed by atoms with Crippen LogP contribution in [0.3, 0.4) is 0 Å². The van der Waals surface area contributed by atoms with Gasteiger partial charge in [0.15, 0.2) is 18.9 Å². The summed E-state index contributed by atoms with van der Waals surface area (Å²) >= 11 is 0. The lowest BCUT2D eigenvalue weighted by molar-refractivity contribution is -0.391. The van der Waals surface area contributed by atoms with Crippen LogP contribution in [-0.4, -0.2) is 168 Å². The van der Waals surface area contributed by atoms with Gasteiger partial charge in [0.1, 0.15) is 73.2 Å². The van der Waals surface area contributed by atoms with Crippen molar-refractivity contribution in [2.24, 2.45) is 0 Å². The van der Waals surface area contributed by atoms with Gasteiger partial charge in [-0.3, -0.25) is 0 Å². The Hall–Kier alpha value is -0.640. The molecule has 0 aromatic heterocycles. The number of aliphatic hydroxyl groups excluding tert-OH is 11. The lowest BCUT2D eigenvalue weighted by Gasteiger charge is -2.48. The predicted octanol–water partition coefficient (Wildman–Crippen LogP) is -7.57. The van der Waals surface area contributed by atoms with E-state index in [9.17, 15) is 56.2 Å². The molecule has 0 saturated carbocycles. The van der Waals surface area contributed by atoms with Crippen LogP contribution in [0.25, 0.3) is 0 Å². The molecule has 3 rings (SSSR count). The largest absolute Gasteiger partial charge is 0.394 e. The topological polar surface area (TPSA) is 269 Å². The third-order valence-electron chi connectivity index (χ3n) is 6.10. The molecule has 1 unspecified atom stereocenters. The highest BCUT2D eigenvalue weighted by Gasteiger charge is 2.53. The van der Waals surface area contributed by atoms with E-state index in [1.54, 1.807) is 0 Å². The highest BCUT2D eigenvalue weighted by molar-refractivity contribution is 4.95. The van der Waals surface area contributed by atoms with Crippen molar-refractivity contribution in [2.45, 2.75) is 92.1 Å². The van der Waals surface area contributed by atoms with E-state index in [-0.39, 0.29) is 0 Å². The standard InChI is InChI=1S/C18H32O16/c19-1-4-8(23)11(26)14(16(29)30-4)33-18-15(12(27)9(24)6(3-21)32-18)34-17-13(28)10(25)7(22)5(2-20)31-17/h4-29H,1-3H2/t4-,5-,6-,7+,8-,9+,10+,11+,12+,13-,14-,15-,16?,17-,18-/m1/s1. The van der Waals surface area contributed by atoms with E-state index in [0.717, 1.165) is 0 Å². The minimum absolute atomic E-state index is 0.734. The fourth-order valence-corrected chi connectivity index (χ4v) is 4.02. The maximum Gasteiger partial charge on any atom is 0.187 e. The first kappa shape index (κ1) is 27.9. The van der Waals surface area contributed by atoms with Gasteiger partial charge < -0.3 is 79.9 Å². The van der Waals surface area contributed by atoms with E-state index >= 15 is 0 Å². The van der Waals surface area contributed by atoms with Crippen molar-refractivity contribution >= 4 is 0 Å². The molecule has 200 valence electrons. The molecule has 3 aliphatic heterocycles. The van der Waals surface area contributed by atoms with Crippen LogP contribution in [0.5, 0.6) is 0 Å².